The quantitative estimate of drug-likeness (QED) is 0.558. The molecule has 0 aliphatic carbocycles. The van der Waals surface area contributed by atoms with Gasteiger partial charge in [-0.1, -0.05) is 39.5 Å². The molecule has 0 aromatic carbocycles. The highest BCUT2D eigenvalue weighted by molar-refractivity contribution is 5.75. The van der Waals surface area contributed by atoms with Crippen molar-refractivity contribution in [3.63, 3.8) is 0 Å². The minimum Gasteiger partial charge on any atom is -0.356 e. The second-order valence-corrected chi connectivity index (χ2v) is 5.82. The summed E-state index contributed by atoms with van der Waals surface area (Å²) < 4.78 is 0. The molecule has 1 unspecified atom stereocenters. The Hall–Kier alpha value is -0.570. The number of carbonyl (C=O) groups excluding carboxylic acids is 1. The topological polar surface area (TPSA) is 55.1 Å². The van der Waals surface area contributed by atoms with Crippen LogP contribution >= 0.6 is 0 Å². The van der Waals surface area contributed by atoms with Crippen molar-refractivity contribution >= 4 is 5.91 Å². The van der Waals surface area contributed by atoms with Crippen molar-refractivity contribution in [3.05, 3.63) is 0 Å². The molecule has 0 spiro atoms. The van der Waals surface area contributed by atoms with E-state index in [4.69, 9.17) is 5.73 Å². The fourth-order valence-electron chi connectivity index (χ4n) is 1.93. The van der Waals surface area contributed by atoms with E-state index >= 15 is 0 Å². The van der Waals surface area contributed by atoms with Gasteiger partial charge in [0.2, 0.25) is 5.91 Å². The summed E-state index contributed by atoms with van der Waals surface area (Å²) in [5.41, 5.74) is 5.64. The minimum atomic E-state index is 0.179. The molecule has 0 heterocycles. The zero-order valence-electron chi connectivity index (χ0n) is 12.5. The Morgan fingerprint density at radius 3 is 2.28 bits per heavy atom. The molecule has 1 amide bonds. The van der Waals surface area contributed by atoms with Gasteiger partial charge in [0.1, 0.15) is 0 Å². The van der Waals surface area contributed by atoms with Crippen molar-refractivity contribution in [2.24, 2.45) is 11.7 Å². The summed E-state index contributed by atoms with van der Waals surface area (Å²) in [6, 6.07) is 0.207. The monoisotopic (exact) mass is 256 g/mol. The van der Waals surface area contributed by atoms with E-state index in [2.05, 4.69) is 19.2 Å². The average Bonchev–Trinajstić information content (AvgIpc) is 2.26. The van der Waals surface area contributed by atoms with E-state index < -0.39 is 0 Å². The van der Waals surface area contributed by atoms with E-state index in [-0.39, 0.29) is 11.9 Å². The molecule has 0 bridgehead atoms. The van der Waals surface area contributed by atoms with Crippen molar-refractivity contribution in [1.29, 1.82) is 0 Å². The van der Waals surface area contributed by atoms with Crippen molar-refractivity contribution in [1.82, 2.24) is 5.32 Å². The Kier molecular flexibility index (Phi) is 11.2. The van der Waals surface area contributed by atoms with Crippen LogP contribution in [0.15, 0.2) is 0 Å². The minimum absolute atomic E-state index is 0.179. The molecule has 0 rings (SSSR count). The SMILES string of the molecule is CC(C)CCCCCCNC(=O)CCCC(C)N. The molecule has 0 radical (unpaired) electrons. The van der Waals surface area contributed by atoms with E-state index in [0.29, 0.717) is 6.42 Å². The molecule has 0 aromatic heterocycles. The summed E-state index contributed by atoms with van der Waals surface area (Å²) >= 11 is 0. The zero-order valence-corrected chi connectivity index (χ0v) is 12.5. The molecule has 1 atom stereocenters. The molecule has 3 nitrogen and oxygen atoms in total. The highest BCUT2D eigenvalue weighted by Crippen LogP contribution is 2.09. The van der Waals surface area contributed by atoms with Crippen molar-refractivity contribution < 1.29 is 4.79 Å². The third-order valence-electron chi connectivity index (χ3n) is 3.09. The van der Waals surface area contributed by atoms with Crippen molar-refractivity contribution in [2.75, 3.05) is 6.54 Å². The van der Waals surface area contributed by atoms with Crippen LogP contribution in [-0.2, 0) is 4.79 Å². The molecule has 0 fully saturated rings. The average molecular weight is 256 g/mol. The lowest BCUT2D eigenvalue weighted by atomic mass is 10.0. The lowest BCUT2D eigenvalue weighted by Crippen LogP contribution is -2.24. The highest BCUT2D eigenvalue weighted by Gasteiger charge is 2.01. The fourth-order valence-corrected chi connectivity index (χ4v) is 1.93. The van der Waals surface area contributed by atoms with E-state index in [1.165, 1.54) is 25.7 Å². The predicted molar refractivity (Wildman–Crippen MR) is 78.4 cm³/mol. The number of unbranched alkanes of at least 4 members (excludes halogenated alkanes) is 3. The summed E-state index contributed by atoms with van der Waals surface area (Å²) in [7, 11) is 0. The van der Waals surface area contributed by atoms with E-state index in [9.17, 15) is 4.79 Å². The molecule has 0 aliphatic rings. The van der Waals surface area contributed by atoms with Gasteiger partial charge in [0, 0.05) is 19.0 Å². The van der Waals surface area contributed by atoms with Gasteiger partial charge in [0.15, 0.2) is 0 Å². The van der Waals surface area contributed by atoms with Crippen LogP contribution in [0.4, 0.5) is 0 Å². The molecule has 108 valence electrons. The Bertz CT molecular complexity index is 203. The Morgan fingerprint density at radius 2 is 1.67 bits per heavy atom. The maximum atomic E-state index is 11.5. The van der Waals surface area contributed by atoms with Crippen LogP contribution in [0.5, 0.6) is 0 Å². The van der Waals surface area contributed by atoms with Crippen molar-refractivity contribution in [3.8, 4) is 0 Å². The maximum Gasteiger partial charge on any atom is 0.219 e. The predicted octanol–water partition coefficient (Wildman–Crippen LogP) is 3.23. The molecule has 0 aromatic rings. The number of nitrogens with one attached hydrogen (secondary N) is 1. The number of hydrogen-bond donors (Lipinski definition) is 2. The van der Waals surface area contributed by atoms with Gasteiger partial charge in [0.05, 0.1) is 0 Å². The highest BCUT2D eigenvalue weighted by atomic mass is 16.1. The second-order valence-electron chi connectivity index (χ2n) is 5.82. The van der Waals surface area contributed by atoms with Crippen LogP contribution in [-0.4, -0.2) is 18.5 Å². The largest absolute Gasteiger partial charge is 0.356 e. The van der Waals surface area contributed by atoms with Crippen LogP contribution in [0.3, 0.4) is 0 Å². The van der Waals surface area contributed by atoms with Gasteiger partial charge >= 0.3 is 0 Å². The summed E-state index contributed by atoms with van der Waals surface area (Å²) in [6.45, 7) is 7.35. The summed E-state index contributed by atoms with van der Waals surface area (Å²) in [5.74, 6) is 0.993. The van der Waals surface area contributed by atoms with Gasteiger partial charge in [-0.05, 0) is 32.1 Å². The lowest BCUT2D eigenvalue weighted by Gasteiger charge is -2.07. The Balaban J connectivity index is 3.20. The van der Waals surface area contributed by atoms with E-state index in [1.807, 2.05) is 6.92 Å². The first-order valence-electron chi connectivity index (χ1n) is 7.54. The molecule has 0 saturated heterocycles. The third-order valence-corrected chi connectivity index (χ3v) is 3.09. The van der Waals surface area contributed by atoms with Gasteiger partial charge < -0.3 is 11.1 Å². The van der Waals surface area contributed by atoms with Gasteiger partial charge in [0.25, 0.3) is 0 Å². The number of hydrogen-bond acceptors (Lipinski definition) is 2. The number of amides is 1. The zero-order chi connectivity index (χ0) is 13.8. The standard InChI is InChI=1S/C15H32N2O/c1-13(2)9-6-4-5-7-12-17-15(18)11-8-10-14(3)16/h13-14H,4-12,16H2,1-3H3,(H,17,18). The van der Waals surface area contributed by atoms with Gasteiger partial charge in [-0.3, -0.25) is 4.79 Å². The molecule has 0 aliphatic heterocycles. The lowest BCUT2D eigenvalue weighted by molar-refractivity contribution is -0.121. The smallest absolute Gasteiger partial charge is 0.219 e. The summed E-state index contributed by atoms with van der Waals surface area (Å²) in [5, 5.41) is 2.98. The Labute approximate surface area is 113 Å². The number of nitrogens with two attached hydrogens (primary N) is 1. The first-order chi connectivity index (χ1) is 8.52. The normalized spacial score (nSPS) is 12.7. The maximum absolute atomic E-state index is 11.5. The molecule has 3 N–H and O–H groups in total. The van der Waals surface area contributed by atoms with Gasteiger partial charge in [-0.15, -0.1) is 0 Å². The fraction of sp³-hybridized carbons (Fsp3) is 0.933. The van der Waals surface area contributed by atoms with Crippen LogP contribution in [0, 0.1) is 5.92 Å². The third kappa shape index (κ3) is 13.5. The van der Waals surface area contributed by atoms with Crippen LogP contribution in [0.25, 0.3) is 0 Å². The van der Waals surface area contributed by atoms with Crippen LogP contribution < -0.4 is 11.1 Å². The van der Waals surface area contributed by atoms with Gasteiger partial charge in [-0.25, -0.2) is 0 Å². The van der Waals surface area contributed by atoms with E-state index in [1.54, 1.807) is 0 Å². The molecule has 0 saturated carbocycles. The van der Waals surface area contributed by atoms with E-state index in [0.717, 1.165) is 31.7 Å². The summed E-state index contributed by atoms with van der Waals surface area (Å²) in [4.78, 5) is 11.5. The van der Waals surface area contributed by atoms with Crippen LogP contribution in [0.1, 0.15) is 72.1 Å². The number of carbonyl (C=O) groups is 1. The first kappa shape index (κ1) is 17.4. The molecule has 3 heteroatoms. The molecule has 18 heavy (non-hydrogen) atoms. The van der Waals surface area contributed by atoms with Crippen LogP contribution in [0.2, 0.25) is 0 Å². The van der Waals surface area contributed by atoms with Crippen molar-refractivity contribution in [2.45, 2.75) is 78.2 Å². The van der Waals surface area contributed by atoms with Gasteiger partial charge in [-0.2, -0.15) is 0 Å². The molecular weight excluding hydrogens is 224 g/mol. The summed E-state index contributed by atoms with van der Waals surface area (Å²) in [6.07, 6.45) is 8.72. The Morgan fingerprint density at radius 1 is 1.00 bits per heavy atom. The molecular formula is C15H32N2O. The first-order valence-corrected chi connectivity index (χ1v) is 7.54. The second kappa shape index (κ2) is 11.5. The number of rotatable bonds is 11.